The van der Waals surface area contributed by atoms with Gasteiger partial charge >= 0.3 is 5.97 Å². The largest absolute Gasteiger partial charge is 0.460 e. The van der Waals surface area contributed by atoms with E-state index < -0.39 is 5.97 Å². The van der Waals surface area contributed by atoms with E-state index in [9.17, 15) is 4.79 Å². The highest BCUT2D eigenvalue weighted by Crippen LogP contribution is 2.18. The Hall–Kier alpha value is -1.83. The third-order valence-electron chi connectivity index (χ3n) is 1.80. The molecule has 7 nitrogen and oxygen atoms in total. The summed E-state index contributed by atoms with van der Waals surface area (Å²) >= 11 is 1.19. The Bertz CT molecular complexity index is 493. The third kappa shape index (κ3) is 1.91. The first kappa shape index (κ1) is 10.7. The van der Waals surface area contributed by atoms with E-state index in [0.29, 0.717) is 12.4 Å². The van der Waals surface area contributed by atoms with Crippen LogP contribution in [0.3, 0.4) is 0 Å². The highest BCUT2D eigenvalue weighted by Gasteiger charge is 2.17. The molecule has 16 heavy (non-hydrogen) atoms. The first-order chi connectivity index (χ1) is 7.72. The fourth-order valence-electron chi connectivity index (χ4n) is 1.15. The second-order valence-electron chi connectivity index (χ2n) is 2.88. The molecule has 0 saturated carbocycles. The Morgan fingerprint density at radius 3 is 3.06 bits per heavy atom. The molecule has 0 aliphatic rings. The van der Waals surface area contributed by atoms with Crippen LogP contribution in [0.2, 0.25) is 0 Å². The zero-order valence-corrected chi connectivity index (χ0v) is 9.56. The van der Waals surface area contributed by atoms with Crippen molar-refractivity contribution in [2.75, 3.05) is 6.61 Å². The highest BCUT2D eigenvalue weighted by atomic mass is 32.1. The molecule has 0 aliphatic heterocycles. The molecule has 0 aromatic carbocycles. The molecule has 0 unspecified atom stereocenters. The van der Waals surface area contributed by atoms with Gasteiger partial charge in [-0.25, -0.2) is 9.48 Å². The predicted octanol–water partition coefficient (Wildman–Crippen LogP) is 0.510. The van der Waals surface area contributed by atoms with E-state index in [1.54, 1.807) is 20.2 Å². The van der Waals surface area contributed by atoms with Crippen LogP contribution in [0.1, 0.15) is 17.5 Å². The third-order valence-corrected chi connectivity index (χ3v) is 2.46. The Kier molecular flexibility index (Phi) is 2.91. The molecule has 2 aromatic rings. The lowest BCUT2D eigenvalue weighted by atomic mass is 10.5. The average molecular weight is 239 g/mol. The van der Waals surface area contributed by atoms with Gasteiger partial charge < -0.3 is 4.74 Å². The van der Waals surface area contributed by atoms with Crippen LogP contribution in [0.15, 0.2) is 6.20 Å². The van der Waals surface area contributed by atoms with Crippen LogP contribution in [0.25, 0.3) is 10.7 Å². The van der Waals surface area contributed by atoms with E-state index >= 15 is 0 Å². The van der Waals surface area contributed by atoms with Gasteiger partial charge in [-0.05, 0) is 18.5 Å². The van der Waals surface area contributed by atoms with Crippen LogP contribution >= 0.6 is 11.5 Å². The van der Waals surface area contributed by atoms with Crippen LogP contribution in [0, 0.1) is 0 Å². The van der Waals surface area contributed by atoms with Crippen molar-refractivity contribution in [1.29, 1.82) is 0 Å². The van der Waals surface area contributed by atoms with E-state index in [-0.39, 0.29) is 5.82 Å². The van der Waals surface area contributed by atoms with E-state index in [1.165, 1.54) is 16.2 Å². The van der Waals surface area contributed by atoms with E-state index in [1.807, 2.05) is 0 Å². The smallest absolute Gasteiger partial charge is 0.378 e. The van der Waals surface area contributed by atoms with Crippen molar-refractivity contribution in [3.05, 3.63) is 12.0 Å². The maximum atomic E-state index is 11.4. The van der Waals surface area contributed by atoms with Crippen LogP contribution in [0.4, 0.5) is 0 Å². The number of carbonyl (C=O) groups excluding carboxylic acids is 1. The monoisotopic (exact) mass is 239 g/mol. The van der Waals surface area contributed by atoms with E-state index in [0.717, 1.165) is 4.88 Å². The minimum atomic E-state index is -0.526. The second-order valence-corrected chi connectivity index (χ2v) is 3.67. The molecular formula is C8H9N5O2S. The summed E-state index contributed by atoms with van der Waals surface area (Å²) in [6, 6.07) is 0. The number of aromatic nitrogens is 5. The quantitative estimate of drug-likeness (QED) is 0.726. The molecule has 2 rings (SSSR count). The lowest BCUT2D eigenvalue weighted by Crippen LogP contribution is -2.07. The zero-order valence-electron chi connectivity index (χ0n) is 8.75. The van der Waals surface area contributed by atoms with Gasteiger partial charge in [0.15, 0.2) is 5.82 Å². The SMILES string of the molecule is CCOC(=O)c1nc(-c2cnns2)n(C)n1. The molecule has 0 radical (unpaired) electrons. The van der Waals surface area contributed by atoms with Crippen molar-refractivity contribution in [2.24, 2.45) is 7.05 Å². The van der Waals surface area contributed by atoms with Crippen molar-refractivity contribution in [3.63, 3.8) is 0 Å². The average Bonchev–Trinajstić information content (AvgIpc) is 2.86. The first-order valence-electron chi connectivity index (χ1n) is 4.58. The number of ether oxygens (including phenoxy) is 1. The molecule has 2 aromatic heterocycles. The van der Waals surface area contributed by atoms with Crippen LogP contribution in [0.5, 0.6) is 0 Å². The van der Waals surface area contributed by atoms with E-state index in [2.05, 4.69) is 19.7 Å². The van der Waals surface area contributed by atoms with Crippen molar-refractivity contribution >= 4 is 17.5 Å². The molecule has 0 bridgehead atoms. The van der Waals surface area contributed by atoms with Crippen molar-refractivity contribution < 1.29 is 9.53 Å². The molecule has 0 N–H and O–H groups in total. The Balaban J connectivity index is 2.32. The molecule has 2 heterocycles. The Morgan fingerprint density at radius 1 is 1.62 bits per heavy atom. The summed E-state index contributed by atoms with van der Waals surface area (Å²) in [5, 5.41) is 7.67. The van der Waals surface area contributed by atoms with Gasteiger partial charge in [0.1, 0.15) is 4.88 Å². The summed E-state index contributed by atoms with van der Waals surface area (Å²) in [5.74, 6) is 0.0765. The van der Waals surface area contributed by atoms with Crippen LogP contribution in [-0.4, -0.2) is 36.9 Å². The normalized spacial score (nSPS) is 10.4. The maximum Gasteiger partial charge on any atom is 0.378 e. The summed E-state index contributed by atoms with van der Waals surface area (Å²) < 4.78 is 10.0. The molecule has 0 spiro atoms. The molecule has 8 heteroatoms. The topological polar surface area (TPSA) is 82.8 Å². The number of hydrogen-bond acceptors (Lipinski definition) is 7. The van der Waals surface area contributed by atoms with E-state index in [4.69, 9.17) is 4.74 Å². The summed E-state index contributed by atoms with van der Waals surface area (Å²) in [6.07, 6.45) is 1.57. The standard InChI is InChI=1S/C8H9N5O2S/c1-3-15-8(14)6-10-7(13(2)11-6)5-4-9-12-16-5/h4H,3H2,1-2H3. The van der Waals surface area contributed by atoms with Crippen molar-refractivity contribution in [1.82, 2.24) is 24.4 Å². The van der Waals surface area contributed by atoms with Gasteiger partial charge in [-0.2, -0.15) is 4.98 Å². The molecule has 0 atom stereocenters. The molecular weight excluding hydrogens is 230 g/mol. The highest BCUT2D eigenvalue weighted by molar-refractivity contribution is 7.09. The van der Waals surface area contributed by atoms with Gasteiger partial charge in [0.05, 0.1) is 12.8 Å². The zero-order chi connectivity index (χ0) is 11.5. The lowest BCUT2D eigenvalue weighted by molar-refractivity contribution is 0.0512. The second kappa shape index (κ2) is 4.35. The summed E-state index contributed by atoms with van der Waals surface area (Å²) in [5.41, 5.74) is 0. The fraction of sp³-hybridized carbons (Fsp3) is 0.375. The minimum absolute atomic E-state index is 0.0488. The number of aryl methyl sites for hydroxylation is 1. The Morgan fingerprint density at radius 2 is 2.44 bits per heavy atom. The minimum Gasteiger partial charge on any atom is -0.460 e. The molecule has 0 aliphatic carbocycles. The van der Waals surface area contributed by atoms with Gasteiger partial charge in [0, 0.05) is 7.05 Å². The number of hydrogen-bond donors (Lipinski definition) is 0. The van der Waals surface area contributed by atoms with Gasteiger partial charge in [0.2, 0.25) is 0 Å². The van der Waals surface area contributed by atoms with Crippen molar-refractivity contribution in [3.8, 4) is 10.7 Å². The fourth-order valence-corrected chi connectivity index (χ4v) is 1.68. The summed E-state index contributed by atoms with van der Waals surface area (Å²) in [7, 11) is 1.70. The predicted molar refractivity (Wildman–Crippen MR) is 55.9 cm³/mol. The van der Waals surface area contributed by atoms with Crippen molar-refractivity contribution in [2.45, 2.75) is 6.92 Å². The first-order valence-corrected chi connectivity index (χ1v) is 5.35. The number of nitrogens with zero attached hydrogens (tertiary/aromatic N) is 5. The van der Waals surface area contributed by atoms with Crippen LogP contribution in [-0.2, 0) is 11.8 Å². The van der Waals surface area contributed by atoms with Gasteiger partial charge in [-0.3, -0.25) is 0 Å². The van der Waals surface area contributed by atoms with Gasteiger partial charge in [-0.1, -0.05) is 4.49 Å². The van der Waals surface area contributed by atoms with Crippen LogP contribution < -0.4 is 0 Å². The molecule has 84 valence electrons. The number of rotatable bonds is 3. The number of esters is 1. The molecule has 0 fully saturated rings. The summed E-state index contributed by atoms with van der Waals surface area (Å²) in [6.45, 7) is 2.03. The Labute approximate surface area is 95.2 Å². The molecule has 0 amide bonds. The number of carbonyl (C=O) groups is 1. The van der Waals surface area contributed by atoms with Gasteiger partial charge in [0.25, 0.3) is 5.82 Å². The lowest BCUT2D eigenvalue weighted by Gasteiger charge is -1.94. The summed E-state index contributed by atoms with van der Waals surface area (Å²) in [4.78, 5) is 16.2. The van der Waals surface area contributed by atoms with Gasteiger partial charge in [-0.15, -0.1) is 10.2 Å². The molecule has 0 saturated heterocycles. The maximum absolute atomic E-state index is 11.4.